The Morgan fingerprint density at radius 2 is 1.59 bits per heavy atom. The van der Waals surface area contributed by atoms with E-state index in [4.69, 9.17) is 0 Å². The summed E-state index contributed by atoms with van der Waals surface area (Å²) in [6.07, 6.45) is 0. The van der Waals surface area contributed by atoms with Crippen molar-refractivity contribution < 1.29 is 8.42 Å². The number of hydrogen-bond donors (Lipinski definition) is 3. The third-order valence-electron chi connectivity index (χ3n) is 3.55. The van der Waals surface area contributed by atoms with Gasteiger partial charge in [-0.15, -0.1) is 5.11 Å². The van der Waals surface area contributed by atoms with Crippen LogP contribution in [0.15, 0.2) is 50.3 Å². The van der Waals surface area contributed by atoms with Gasteiger partial charge in [0, 0.05) is 11.4 Å². The fraction of sp³-hybridized carbons (Fsp3) is 0.188. The smallest absolute Gasteiger partial charge is 0.291 e. The lowest BCUT2D eigenvalue weighted by Gasteiger charge is -2.08. The van der Waals surface area contributed by atoms with Gasteiger partial charge in [-0.1, -0.05) is 0 Å². The van der Waals surface area contributed by atoms with Crippen molar-refractivity contribution in [2.24, 2.45) is 10.2 Å². The summed E-state index contributed by atoms with van der Waals surface area (Å²) in [6.45, 7) is 5.19. The molecule has 0 aliphatic rings. The first-order valence-electron chi connectivity index (χ1n) is 7.89. The van der Waals surface area contributed by atoms with E-state index >= 15 is 0 Å². The molecule has 3 N–H and O–H groups in total. The van der Waals surface area contributed by atoms with Crippen molar-refractivity contribution in [3.05, 3.63) is 57.8 Å². The van der Waals surface area contributed by atoms with Crippen molar-refractivity contribution >= 4 is 27.3 Å². The minimum atomic E-state index is -3.84. The quantitative estimate of drug-likeness (QED) is 0.576. The van der Waals surface area contributed by atoms with E-state index in [-0.39, 0.29) is 22.1 Å². The normalized spacial score (nSPS) is 11.8. The zero-order chi connectivity index (χ0) is 19.6. The van der Waals surface area contributed by atoms with Gasteiger partial charge in [0.2, 0.25) is 5.95 Å². The van der Waals surface area contributed by atoms with E-state index in [0.29, 0.717) is 22.8 Å². The predicted molar refractivity (Wildman–Crippen MR) is 99.1 cm³/mol. The molecule has 1 aromatic carbocycles. The van der Waals surface area contributed by atoms with Gasteiger partial charge in [0.15, 0.2) is 5.69 Å². The lowest BCUT2D eigenvalue weighted by Crippen LogP contribution is -2.15. The van der Waals surface area contributed by atoms with Crippen molar-refractivity contribution in [2.45, 2.75) is 25.7 Å². The highest BCUT2D eigenvalue weighted by atomic mass is 32.2. The number of nitrogens with zero attached hydrogens (tertiary/aromatic N) is 4. The van der Waals surface area contributed by atoms with Crippen LogP contribution in [-0.4, -0.2) is 28.6 Å². The summed E-state index contributed by atoms with van der Waals surface area (Å²) in [5.41, 5.74) is 2.06. The number of hydrogen-bond acceptors (Lipinski definition) is 7. The van der Waals surface area contributed by atoms with Crippen molar-refractivity contribution in [3.8, 4) is 0 Å². The summed E-state index contributed by atoms with van der Waals surface area (Å²) in [5, 5.41) is 12.9. The number of anilines is 1. The topological polar surface area (TPSA) is 145 Å². The van der Waals surface area contributed by atoms with E-state index < -0.39 is 10.0 Å². The van der Waals surface area contributed by atoms with E-state index in [1.165, 1.54) is 24.3 Å². The Morgan fingerprint density at radius 1 is 0.963 bits per heavy atom. The van der Waals surface area contributed by atoms with Gasteiger partial charge in [0.25, 0.3) is 15.6 Å². The Morgan fingerprint density at radius 3 is 2.15 bits per heavy atom. The molecule has 0 spiro atoms. The molecular formula is C16H17N7O3S. The molecule has 0 unspecified atom stereocenters. The number of nitrogens with one attached hydrogen (secondary N) is 3. The second-order valence-electron chi connectivity index (χ2n) is 5.83. The van der Waals surface area contributed by atoms with Crippen LogP contribution in [0, 0.1) is 20.8 Å². The molecule has 3 rings (SSSR count). The zero-order valence-electron chi connectivity index (χ0n) is 14.8. The van der Waals surface area contributed by atoms with Gasteiger partial charge in [-0.05, 0) is 51.1 Å². The maximum atomic E-state index is 12.5. The SMILES string of the molecule is Cc1cc(C)nc(NS(=O)(=O)c2ccc(N=Nc3c(C)[nH][nH]c3=O)cc2)n1. The number of benzene rings is 1. The summed E-state index contributed by atoms with van der Waals surface area (Å²) in [7, 11) is -3.84. The molecule has 0 atom stereocenters. The first-order valence-corrected chi connectivity index (χ1v) is 9.37. The van der Waals surface area contributed by atoms with E-state index in [1.807, 2.05) is 0 Å². The third kappa shape index (κ3) is 4.26. The molecule has 2 heterocycles. The van der Waals surface area contributed by atoms with Gasteiger partial charge < -0.3 is 5.10 Å². The molecule has 0 bridgehead atoms. The summed E-state index contributed by atoms with van der Waals surface area (Å²) >= 11 is 0. The highest BCUT2D eigenvalue weighted by Gasteiger charge is 2.16. The van der Waals surface area contributed by atoms with Crippen LogP contribution < -0.4 is 10.3 Å². The van der Waals surface area contributed by atoms with Crippen molar-refractivity contribution in [1.29, 1.82) is 0 Å². The lowest BCUT2D eigenvalue weighted by atomic mass is 10.3. The first-order chi connectivity index (χ1) is 12.7. The molecule has 0 aliphatic carbocycles. The fourth-order valence-electron chi connectivity index (χ4n) is 2.31. The molecule has 0 radical (unpaired) electrons. The molecule has 0 fully saturated rings. The Labute approximate surface area is 154 Å². The summed E-state index contributed by atoms with van der Waals surface area (Å²) in [6, 6.07) is 7.48. The monoisotopic (exact) mass is 387 g/mol. The van der Waals surface area contributed by atoms with Gasteiger partial charge in [-0.2, -0.15) is 5.11 Å². The summed E-state index contributed by atoms with van der Waals surface area (Å²) in [4.78, 5) is 19.7. The Balaban J connectivity index is 1.80. The third-order valence-corrected chi connectivity index (χ3v) is 4.90. The van der Waals surface area contributed by atoms with Gasteiger partial charge in [-0.25, -0.2) is 23.1 Å². The molecule has 2 aromatic heterocycles. The second-order valence-corrected chi connectivity index (χ2v) is 7.51. The minimum absolute atomic E-state index is 0.0124. The molecule has 0 aliphatic heterocycles. The minimum Gasteiger partial charge on any atom is -0.300 e. The molecule has 0 saturated heterocycles. The number of aromatic nitrogens is 4. The molecule has 0 saturated carbocycles. The predicted octanol–water partition coefficient (Wildman–Crippen LogP) is 2.63. The maximum absolute atomic E-state index is 12.5. The first kappa shape index (κ1) is 18.5. The molecule has 3 aromatic rings. The zero-order valence-corrected chi connectivity index (χ0v) is 15.6. The van der Waals surface area contributed by atoms with Crippen LogP contribution in [0.1, 0.15) is 17.1 Å². The molecule has 27 heavy (non-hydrogen) atoms. The van der Waals surface area contributed by atoms with Crippen LogP contribution in [0.5, 0.6) is 0 Å². The average molecular weight is 387 g/mol. The number of sulfonamides is 1. The number of aromatic amines is 2. The number of azo groups is 1. The van der Waals surface area contributed by atoms with Crippen LogP contribution in [0.25, 0.3) is 0 Å². The van der Waals surface area contributed by atoms with Crippen LogP contribution in [-0.2, 0) is 10.0 Å². The van der Waals surface area contributed by atoms with Crippen LogP contribution in [0.4, 0.5) is 17.3 Å². The van der Waals surface area contributed by atoms with Crippen molar-refractivity contribution in [1.82, 2.24) is 20.2 Å². The Bertz CT molecular complexity index is 1140. The molecule has 140 valence electrons. The van der Waals surface area contributed by atoms with E-state index in [9.17, 15) is 13.2 Å². The number of aryl methyl sites for hydroxylation is 3. The van der Waals surface area contributed by atoms with Gasteiger partial charge in [0.05, 0.1) is 16.3 Å². The average Bonchev–Trinajstić information content (AvgIpc) is 2.90. The van der Waals surface area contributed by atoms with E-state index in [1.54, 1.807) is 26.8 Å². The van der Waals surface area contributed by atoms with E-state index in [2.05, 4.69) is 35.1 Å². The summed E-state index contributed by atoms with van der Waals surface area (Å²) in [5.74, 6) is 0.0124. The van der Waals surface area contributed by atoms with Gasteiger partial charge >= 0.3 is 0 Å². The highest BCUT2D eigenvalue weighted by molar-refractivity contribution is 7.92. The van der Waals surface area contributed by atoms with Crippen LogP contribution in [0.2, 0.25) is 0 Å². The van der Waals surface area contributed by atoms with Crippen LogP contribution in [0.3, 0.4) is 0 Å². The largest absolute Gasteiger partial charge is 0.300 e. The molecular weight excluding hydrogens is 370 g/mol. The van der Waals surface area contributed by atoms with Gasteiger partial charge in [0.1, 0.15) is 0 Å². The second kappa shape index (κ2) is 7.11. The Hall–Kier alpha value is -3.34. The molecule has 11 heteroatoms. The fourth-order valence-corrected chi connectivity index (χ4v) is 3.25. The number of rotatable bonds is 5. The van der Waals surface area contributed by atoms with E-state index in [0.717, 1.165) is 0 Å². The van der Waals surface area contributed by atoms with Crippen LogP contribution >= 0.6 is 0 Å². The molecule has 0 amide bonds. The molecule has 10 nitrogen and oxygen atoms in total. The maximum Gasteiger partial charge on any atom is 0.291 e. The standard InChI is InChI=1S/C16H17N7O3S/c1-9-8-10(2)18-16(17-9)23-27(25,26)13-6-4-12(5-7-13)20-21-14-11(3)19-22-15(14)24/h4-8H,1-3H3,(H,17,18,23)(H2,19,22,24). The van der Waals surface area contributed by atoms with Crippen molar-refractivity contribution in [2.75, 3.05) is 4.72 Å². The summed E-state index contributed by atoms with van der Waals surface area (Å²) < 4.78 is 27.3. The lowest BCUT2D eigenvalue weighted by molar-refractivity contribution is 0.601. The van der Waals surface area contributed by atoms with Gasteiger partial charge in [-0.3, -0.25) is 9.89 Å². The number of H-pyrrole nitrogens is 2. The van der Waals surface area contributed by atoms with Crippen molar-refractivity contribution in [3.63, 3.8) is 0 Å². The highest BCUT2D eigenvalue weighted by Crippen LogP contribution is 2.21. The Kier molecular flexibility index (Phi) is 4.86.